The van der Waals surface area contributed by atoms with Crippen LogP contribution < -0.4 is 5.32 Å². The summed E-state index contributed by atoms with van der Waals surface area (Å²) in [5.41, 5.74) is -0.332. The van der Waals surface area contributed by atoms with E-state index >= 15 is 0 Å². The number of nitrogens with zero attached hydrogens (tertiary/aromatic N) is 1. The number of hydrogen-bond acceptors (Lipinski definition) is 4. The molecule has 1 unspecified atom stereocenters. The van der Waals surface area contributed by atoms with Crippen LogP contribution in [0.2, 0.25) is 0 Å². The lowest BCUT2D eigenvalue weighted by Gasteiger charge is -2.16. The second-order valence-electron chi connectivity index (χ2n) is 4.58. The Balaban J connectivity index is 2.71. The van der Waals surface area contributed by atoms with Gasteiger partial charge in [0.1, 0.15) is 9.84 Å². The minimum absolute atomic E-state index is 0.0474. The number of rotatable bonds is 6. The topological polar surface area (TPSA) is 59.1 Å². The predicted molar refractivity (Wildman–Crippen MR) is 70.0 cm³/mol. The van der Waals surface area contributed by atoms with Crippen LogP contribution in [0.15, 0.2) is 18.3 Å². The van der Waals surface area contributed by atoms with Crippen molar-refractivity contribution in [3.05, 3.63) is 29.6 Å². The van der Waals surface area contributed by atoms with Crippen LogP contribution in [0.4, 0.5) is 13.2 Å². The molecular weight excluding hydrogens is 293 g/mol. The normalized spacial score (nSPS) is 14.2. The van der Waals surface area contributed by atoms with Crippen molar-refractivity contribution in [1.29, 1.82) is 0 Å². The van der Waals surface area contributed by atoms with Crippen molar-refractivity contribution in [3.8, 4) is 0 Å². The highest BCUT2D eigenvalue weighted by molar-refractivity contribution is 7.90. The molecule has 0 spiro atoms. The fourth-order valence-electron chi connectivity index (χ4n) is 1.77. The third-order valence-electron chi connectivity index (χ3n) is 2.83. The first kappa shape index (κ1) is 16.9. The maximum Gasteiger partial charge on any atom is 0.417 e. The Morgan fingerprint density at radius 3 is 2.40 bits per heavy atom. The maximum atomic E-state index is 12.4. The molecular formula is C12H17F3N2O2S. The molecule has 114 valence electrons. The highest BCUT2D eigenvalue weighted by Gasteiger charge is 2.30. The van der Waals surface area contributed by atoms with E-state index in [0.717, 1.165) is 18.5 Å². The first-order valence-electron chi connectivity index (χ1n) is 6.01. The molecule has 0 aromatic carbocycles. The monoisotopic (exact) mass is 310 g/mol. The second-order valence-corrected chi connectivity index (χ2v) is 6.84. The van der Waals surface area contributed by atoms with Gasteiger partial charge in [-0.2, -0.15) is 13.2 Å². The Bertz CT molecular complexity index is 527. The van der Waals surface area contributed by atoms with Gasteiger partial charge in [0.25, 0.3) is 0 Å². The highest BCUT2D eigenvalue weighted by atomic mass is 32.2. The Hall–Kier alpha value is -1.15. The molecule has 0 aliphatic heterocycles. The Morgan fingerprint density at radius 2 is 2.00 bits per heavy atom. The quantitative estimate of drug-likeness (QED) is 0.875. The molecule has 1 N–H and O–H groups in total. The molecule has 4 nitrogen and oxygen atoms in total. The molecule has 1 aromatic rings. The lowest BCUT2D eigenvalue weighted by molar-refractivity contribution is -0.137. The Labute approximate surface area is 116 Å². The molecule has 0 saturated heterocycles. The largest absolute Gasteiger partial charge is 0.417 e. The third-order valence-corrected chi connectivity index (χ3v) is 3.86. The molecule has 1 atom stereocenters. The van der Waals surface area contributed by atoms with E-state index in [1.54, 1.807) is 7.05 Å². The van der Waals surface area contributed by atoms with Crippen molar-refractivity contribution in [2.75, 3.05) is 19.1 Å². The van der Waals surface area contributed by atoms with Crippen molar-refractivity contribution >= 4 is 9.84 Å². The average Bonchev–Trinajstić information content (AvgIpc) is 2.32. The first-order valence-corrected chi connectivity index (χ1v) is 8.07. The molecule has 0 aliphatic carbocycles. The summed E-state index contributed by atoms with van der Waals surface area (Å²) in [5.74, 6) is 0.0474. The Morgan fingerprint density at radius 1 is 1.35 bits per heavy atom. The van der Waals surface area contributed by atoms with Crippen LogP contribution in [0, 0.1) is 0 Å². The van der Waals surface area contributed by atoms with Crippen LogP contribution >= 0.6 is 0 Å². The second kappa shape index (κ2) is 6.53. The van der Waals surface area contributed by atoms with E-state index in [1.165, 1.54) is 6.07 Å². The summed E-state index contributed by atoms with van der Waals surface area (Å²) in [6.45, 7) is 0. The smallest absolute Gasteiger partial charge is 0.312 e. The van der Waals surface area contributed by atoms with Crippen molar-refractivity contribution in [2.45, 2.75) is 25.1 Å². The van der Waals surface area contributed by atoms with E-state index in [2.05, 4.69) is 10.3 Å². The molecule has 1 aromatic heterocycles. The van der Waals surface area contributed by atoms with Gasteiger partial charge in [-0.3, -0.25) is 4.98 Å². The fourth-order valence-corrected chi connectivity index (χ4v) is 2.46. The van der Waals surface area contributed by atoms with Gasteiger partial charge >= 0.3 is 6.18 Å². The van der Waals surface area contributed by atoms with Gasteiger partial charge in [-0.15, -0.1) is 0 Å². The molecule has 0 bridgehead atoms. The van der Waals surface area contributed by atoms with E-state index < -0.39 is 21.6 Å². The lowest BCUT2D eigenvalue weighted by atomic mass is 10.1. The number of hydrogen-bond donors (Lipinski definition) is 1. The third kappa shape index (κ3) is 5.46. The standard InChI is InChI=1S/C12H17F3N2O2S/c1-16-10(4-3-7-20(2,18)19)11-6-5-9(8-17-11)12(13,14)15/h5-6,8,10,16H,3-4,7H2,1-2H3. The highest BCUT2D eigenvalue weighted by Crippen LogP contribution is 2.29. The minimum atomic E-state index is -4.41. The van der Waals surface area contributed by atoms with E-state index in [0.29, 0.717) is 18.5 Å². The van der Waals surface area contributed by atoms with E-state index in [9.17, 15) is 21.6 Å². The van der Waals surface area contributed by atoms with Crippen LogP contribution in [-0.4, -0.2) is 32.5 Å². The van der Waals surface area contributed by atoms with Gasteiger partial charge in [0, 0.05) is 24.2 Å². The molecule has 1 heterocycles. The van der Waals surface area contributed by atoms with Gasteiger partial charge < -0.3 is 5.32 Å². The van der Waals surface area contributed by atoms with Crippen molar-refractivity contribution in [2.24, 2.45) is 0 Å². The van der Waals surface area contributed by atoms with Gasteiger partial charge in [0.2, 0.25) is 0 Å². The molecule has 0 radical (unpaired) electrons. The fraction of sp³-hybridized carbons (Fsp3) is 0.583. The van der Waals surface area contributed by atoms with Crippen LogP contribution in [-0.2, 0) is 16.0 Å². The lowest BCUT2D eigenvalue weighted by Crippen LogP contribution is -2.19. The summed E-state index contributed by atoms with van der Waals surface area (Å²) in [7, 11) is -1.38. The zero-order valence-corrected chi connectivity index (χ0v) is 12.1. The summed E-state index contributed by atoms with van der Waals surface area (Å²) in [6, 6.07) is 2.02. The summed E-state index contributed by atoms with van der Waals surface area (Å²) in [5, 5.41) is 2.92. The van der Waals surface area contributed by atoms with Crippen LogP contribution in [0.3, 0.4) is 0 Å². The SMILES string of the molecule is CNC(CCCS(C)(=O)=O)c1ccc(C(F)(F)F)cn1. The summed E-state index contributed by atoms with van der Waals surface area (Å²) < 4.78 is 59.3. The Kier molecular flexibility index (Phi) is 5.52. The molecule has 0 fully saturated rings. The first-order chi connectivity index (χ1) is 9.13. The number of alkyl halides is 3. The van der Waals surface area contributed by atoms with Crippen LogP contribution in [0.5, 0.6) is 0 Å². The van der Waals surface area contributed by atoms with Gasteiger partial charge in [-0.25, -0.2) is 8.42 Å². The molecule has 0 aliphatic rings. The molecule has 20 heavy (non-hydrogen) atoms. The number of aromatic nitrogens is 1. The van der Waals surface area contributed by atoms with Gasteiger partial charge in [0.15, 0.2) is 0 Å². The molecule has 8 heteroatoms. The van der Waals surface area contributed by atoms with Crippen molar-refractivity contribution in [1.82, 2.24) is 10.3 Å². The number of nitrogens with one attached hydrogen (secondary N) is 1. The molecule has 0 amide bonds. The summed E-state index contributed by atoms with van der Waals surface area (Å²) >= 11 is 0. The predicted octanol–water partition coefficient (Wildman–Crippen LogP) is 2.19. The summed E-state index contributed by atoms with van der Waals surface area (Å²) in [4.78, 5) is 3.80. The van der Waals surface area contributed by atoms with Gasteiger partial charge in [-0.05, 0) is 32.0 Å². The number of halogens is 3. The zero-order chi connectivity index (χ0) is 15.4. The van der Waals surface area contributed by atoms with E-state index in [-0.39, 0.29) is 11.8 Å². The van der Waals surface area contributed by atoms with Crippen molar-refractivity contribution < 1.29 is 21.6 Å². The summed E-state index contributed by atoms with van der Waals surface area (Å²) in [6.07, 6.45) is -1.56. The number of sulfone groups is 1. The maximum absolute atomic E-state index is 12.4. The zero-order valence-electron chi connectivity index (χ0n) is 11.2. The molecule has 0 saturated carbocycles. The average molecular weight is 310 g/mol. The van der Waals surface area contributed by atoms with Crippen LogP contribution in [0.1, 0.15) is 30.1 Å². The molecule has 1 rings (SSSR count). The van der Waals surface area contributed by atoms with E-state index in [1.807, 2.05) is 0 Å². The van der Waals surface area contributed by atoms with Crippen LogP contribution in [0.25, 0.3) is 0 Å². The van der Waals surface area contributed by atoms with Crippen molar-refractivity contribution in [3.63, 3.8) is 0 Å². The minimum Gasteiger partial charge on any atom is -0.312 e. The van der Waals surface area contributed by atoms with Gasteiger partial charge in [-0.1, -0.05) is 0 Å². The van der Waals surface area contributed by atoms with E-state index in [4.69, 9.17) is 0 Å². The number of pyridine rings is 1. The van der Waals surface area contributed by atoms with Gasteiger partial charge in [0.05, 0.1) is 11.3 Å².